The van der Waals surface area contributed by atoms with Gasteiger partial charge in [-0.15, -0.1) is 0 Å². The zero-order valence-corrected chi connectivity index (χ0v) is 13.4. The average Bonchev–Trinajstić information content (AvgIpc) is 2.44. The first kappa shape index (κ1) is 15.2. The average molecular weight is 336 g/mol. The summed E-state index contributed by atoms with van der Waals surface area (Å²) in [5.41, 5.74) is 3.05. The first-order chi connectivity index (χ1) is 9.65. The van der Waals surface area contributed by atoms with Gasteiger partial charge in [0.2, 0.25) is 0 Å². The lowest BCUT2D eigenvalue weighted by Crippen LogP contribution is -2.19. The summed E-state index contributed by atoms with van der Waals surface area (Å²) in [6.07, 6.45) is 2.16. The van der Waals surface area contributed by atoms with Crippen LogP contribution in [-0.4, -0.2) is 7.05 Å². The van der Waals surface area contributed by atoms with Gasteiger partial charge in [0.05, 0.1) is 6.04 Å². The van der Waals surface area contributed by atoms with Gasteiger partial charge in [-0.05, 0) is 42.8 Å². The second-order valence-electron chi connectivity index (χ2n) is 4.88. The van der Waals surface area contributed by atoms with Crippen LogP contribution in [0.1, 0.15) is 36.1 Å². The fraction of sp³-hybridized carbons (Fsp3) is 0.294. The molecule has 0 aliphatic rings. The largest absolute Gasteiger partial charge is 0.309 e. The second kappa shape index (κ2) is 7.00. The Morgan fingerprint density at radius 1 is 1.20 bits per heavy atom. The number of nitrogens with one attached hydrogen (secondary N) is 1. The molecule has 0 bridgehead atoms. The van der Waals surface area contributed by atoms with Crippen molar-refractivity contribution in [3.8, 4) is 0 Å². The lowest BCUT2D eigenvalue weighted by molar-refractivity contribution is 0.575. The van der Waals surface area contributed by atoms with E-state index in [0.717, 1.165) is 22.9 Å². The molecule has 1 nitrogen and oxygen atoms in total. The standard InChI is InChI=1S/C17H19BrFN/c1-3-5-12-6-4-7-13(10-12)17(20-2)15-11-14(18)8-9-16(15)19/h4,6-11,17,20H,3,5H2,1-2H3. The molecule has 0 fully saturated rings. The van der Waals surface area contributed by atoms with Crippen molar-refractivity contribution >= 4 is 15.9 Å². The molecule has 2 aromatic carbocycles. The molecule has 0 spiro atoms. The van der Waals surface area contributed by atoms with Crippen LogP contribution in [0.2, 0.25) is 0 Å². The molecule has 1 N–H and O–H groups in total. The molecule has 0 aliphatic heterocycles. The minimum atomic E-state index is -0.187. The van der Waals surface area contributed by atoms with Crippen molar-refractivity contribution in [2.75, 3.05) is 7.05 Å². The van der Waals surface area contributed by atoms with Gasteiger partial charge in [-0.3, -0.25) is 0 Å². The highest BCUT2D eigenvalue weighted by molar-refractivity contribution is 9.10. The van der Waals surface area contributed by atoms with E-state index in [2.05, 4.69) is 40.3 Å². The van der Waals surface area contributed by atoms with Gasteiger partial charge in [0, 0.05) is 10.0 Å². The lowest BCUT2D eigenvalue weighted by Gasteiger charge is -2.19. The van der Waals surface area contributed by atoms with E-state index < -0.39 is 0 Å². The van der Waals surface area contributed by atoms with Gasteiger partial charge < -0.3 is 5.32 Å². The third-order valence-electron chi connectivity index (χ3n) is 3.38. The van der Waals surface area contributed by atoms with Crippen LogP contribution in [0.3, 0.4) is 0 Å². The number of halogens is 2. The normalized spacial score (nSPS) is 12.4. The molecular weight excluding hydrogens is 317 g/mol. The maximum atomic E-state index is 14.1. The SMILES string of the molecule is CCCc1cccc(C(NC)c2cc(Br)ccc2F)c1. The molecule has 1 unspecified atom stereocenters. The van der Waals surface area contributed by atoms with Crippen LogP contribution in [0, 0.1) is 5.82 Å². The predicted molar refractivity (Wildman–Crippen MR) is 85.4 cm³/mol. The van der Waals surface area contributed by atoms with Crippen molar-refractivity contribution in [2.24, 2.45) is 0 Å². The Morgan fingerprint density at radius 2 is 2.00 bits per heavy atom. The number of hydrogen-bond acceptors (Lipinski definition) is 1. The molecule has 1 atom stereocenters. The summed E-state index contributed by atoms with van der Waals surface area (Å²) in [7, 11) is 1.86. The van der Waals surface area contributed by atoms with Crippen LogP contribution in [0.4, 0.5) is 4.39 Å². The molecule has 0 saturated carbocycles. The molecular formula is C17H19BrFN. The summed E-state index contributed by atoms with van der Waals surface area (Å²) in [5, 5.41) is 3.21. The van der Waals surface area contributed by atoms with E-state index >= 15 is 0 Å². The highest BCUT2D eigenvalue weighted by atomic mass is 79.9. The van der Waals surface area contributed by atoms with E-state index in [-0.39, 0.29) is 11.9 Å². The smallest absolute Gasteiger partial charge is 0.128 e. The summed E-state index contributed by atoms with van der Waals surface area (Å²) < 4.78 is 15.0. The van der Waals surface area contributed by atoms with E-state index in [1.54, 1.807) is 6.07 Å². The Hall–Kier alpha value is -1.19. The molecule has 3 heteroatoms. The fourth-order valence-corrected chi connectivity index (χ4v) is 2.83. The van der Waals surface area contributed by atoms with Crippen LogP contribution in [0.5, 0.6) is 0 Å². The molecule has 0 radical (unpaired) electrons. The van der Waals surface area contributed by atoms with E-state index in [4.69, 9.17) is 0 Å². The first-order valence-corrected chi connectivity index (χ1v) is 7.66. The molecule has 0 aromatic heterocycles. The maximum Gasteiger partial charge on any atom is 0.128 e. The van der Waals surface area contributed by atoms with Gasteiger partial charge in [-0.25, -0.2) is 4.39 Å². The molecule has 106 valence electrons. The third kappa shape index (κ3) is 3.47. The molecule has 0 heterocycles. The monoisotopic (exact) mass is 335 g/mol. The van der Waals surface area contributed by atoms with Crippen LogP contribution < -0.4 is 5.32 Å². The number of aryl methyl sites for hydroxylation is 1. The number of rotatable bonds is 5. The molecule has 0 saturated heterocycles. The topological polar surface area (TPSA) is 12.0 Å². The van der Waals surface area contributed by atoms with Gasteiger partial charge in [-0.2, -0.15) is 0 Å². The Kier molecular flexibility index (Phi) is 5.32. The summed E-state index contributed by atoms with van der Waals surface area (Å²) in [6, 6.07) is 13.3. The van der Waals surface area contributed by atoms with Crippen LogP contribution in [0.15, 0.2) is 46.9 Å². The van der Waals surface area contributed by atoms with Crippen molar-refractivity contribution in [1.82, 2.24) is 5.32 Å². The van der Waals surface area contributed by atoms with Gasteiger partial charge in [-0.1, -0.05) is 53.5 Å². The van der Waals surface area contributed by atoms with Crippen LogP contribution in [-0.2, 0) is 6.42 Å². The summed E-state index contributed by atoms with van der Waals surface area (Å²) in [6.45, 7) is 2.16. The maximum absolute atomic E-state index is 14.1. The zero-order valence-electron chi connectivity index (χ0n) is 11.8. The third-order valence-corrected chi connectivity index (χ3v) is 3.87. The van der Waals surface area contributed by atoms with Gasteiger partial charge >= 0.3 is 0 Å². The summed E-state index contributed by atoms with van der Waals surface area (Å²) >= 11 is 3.41. The number of hydrogen-bond donors (Lipinski definition) is 1. The first-order valence-electron chi connectivity index (χ1n) is 6.86. The van der Waals surface area contributed by atoms with E-state index in [1.807, 2.05) is 25.2 Å². The van der Waals surface area contributed by atoms with Crippen molar-refractivity contribution in [2.45, 2.75) is 25.8 Å². The van der Waals surface area contributed by atoms with Gasteiger partial charge in [0.1, 0.15) is 5.82 Å². The van der Waals surface area contributed by atoms with Crippen LogP contribution >= 0.6 is 15.9 Å². The minimum Gasteiger partial charge on any atom is -0.309 e. The molecule has 20 heavy (non-hydrogen) atoms. The van der Waals surface area contributed by atoms with Gasteiger partial charge in [0.25, 0.3) is 0 Å². The van der Waals surface area contributed by atoms with E-state index in [9.17, 15) is 4.39 Å². The van der Waals surface area contributed by atoms with E-state index in [1.165, 1.54) is 11.6 Å². The van der Waals surface area contributed by atoms with Crippen molar-refractivity contribution in [3.05, 3.63) is 69.4 Å². The zero-order chi connectivity index (χ0) is 14.5. The lowest BCUT2D eigenvalue weighted by atomic mass is 9.96. The summed E-state index contributed by atoms with van der Waals surface area (Å²) in [5.74, 6) is -0.187. The van der Waals surface area contributed by atoms with Crippen LogP contribution in [0.25, 0.3) is 0 Å². The Balaban J connectivity index is 2.41. The summed E-state index contributed by atoms with van der Waals surface area (Å²) in [4.78, 5) is 0. The Labute approximate surface area is 128 Å². The predicted octanol–water partition coefficient (Wildman–Crippen LogP) is 4.85. The molecule has 2 rings (SSSR count). The van der Waals surface area contributed by atoms with Crippen molar-refractivity contribution in [3.63, 3.8) is 0 Å². The quantitative estimate of drug-likeness (QED) is 0.823. The molecule has 0 aliphatic carbocycles. The number of benzene rings is 2. The molecule has 0 amide bonds. The van der Waals surface area contributed by atoms with Crippen molar-refractivity contribution < 1.29 is 4.39 Å². The fourth-order valence-electron chi connectivity index (χ4n) is 2.45. The Morgan fingerprint density at radius 3 is 2.70 bits per heavy atom. The minimum absolute atomic E-state index is 0.135. The van der Waals surface area contributed by atoms with Crippen molar-refractivity contribution in [1.29, 1.82) is 0 Å². The highest BCUT2D eigenvalue weighted by Gasteiger charge is 2.16. The second-order valence-corrected chi connectivity index (χ2v) is 5.80. The van der Waals surface area contributed by atoms with E-state index in [0.29, 0.717) is 5.56 Å². The highest BCUT2D eigenvalue weighted by Crippen LogP contribution is 2.27. The molecule has 2 aromatic rings. The van der Waals surface area contributed by atoms with Gasteiger partial charge in [0.15, 0.2) is 0 Å². The Bertz CT molecular complexity index is 583.